The minimum absolute atomic E-state index is 0.00398. The van der Waals surface area contributed by atoms with Crippen LogP contribution < -0.4 is 10.5 Å². The first-order valence-electron chi connectivity index (χ1n) is 7.02. The monoisotopic (exact) mass is 279 g/mol. The average molecular weight is 279 g/mol. The van der Waals surface area contributed by atoms with E-state index in [9.17, 15) is 4.79 Å². The van der Waals surface area contributed by atoms with Gasteiger partial charge in [-0.1, -0.05) is 6.07 Å². The number of benzene rings is 1. The predicted molar refractivity (Wildman–Crippen MR) is 75.9 cm³/mol. The highest BCUT2D eigenvalue weighted by molar-refractivity contribution is 5.94. The lowest BCUT2D eigenvalue weighted by molar-refractivity contribution is -0.0301. The molecule has 110 valence electrons. The summed E-state index contributed by atoms with van der Waals surface area (Å²) >= 11 is 0. The molecule has 1 fully saturated rings. The summed E-state index contributed by atoms with van der Waals surface area (Å²) in [5.41, 5.74) is 6.63. The normalized spacial score (nSPS) is 18.6. The lowest BCUT2D eigenvalue weighted by Gasteiger charge is -2.22. The summed E-state index contributed by atoms with van der Waals surface area (Å²) in [6, 6.07) is 5.07. The van der Waals surface area contributed by atoms with Gasteiger partial charge >= 0.3 is 5.97 Å². The van der Waals surface area contributed by atoms with Crippen molar-refractivity contribution in [1.82, 2.24) is 0 Å². The lowest BCUT2D eigenvalue weighted by Crippen LogP contribution is -2.26. The largest absolute Gasteiger partial charge is 0.491 e. The van der Waals surface area contributed by atoms with Crippen molar-refractivity contribution in [3.8, 4) is 5.75 Å². The summed E-state index contributed by atoms with van der Waals surface area (Å²) in [5, 5.41) is 0. The predicted octanol–water partition coefficient (Wildman–Crippen LogP) is 2.39. The molecule has 20 heavy (non-hydrogen) atoms. The number of carbonyl (C=O) groups is 1. The van der Waals surface area contributed by atoms with E-state index in [0.29, 0.717) is 23.6 Å². The number of para-hydroxylation sites is 1. The molecule has 1 aliphatic rings. The molecule has 1 aromatic carbocycles. The van der Waals surface area contributed by atoms with Crippen LogP contribution in [0.25, 0.3) is 0 Å². The van der Waals surface area contributed by atoms with Crippen molar-refractivity contribution in [1.29, 1.82) is 0 Å². The van der Waals surface area contributed by atoms with Gasteiger partial charge in [0.15, 0.2) is 5.75 Å². The summed E-state index contributed by atoms with van der Waals surface area (Å²) < 4.78 is 16.3. The van der Waals surface area contributed by atoms with E-state index < -0.39 is 5.97 Å². The molecule has 0 radical (unpaired) electrons. The standard InChI is InChI=1S/C15H21NO4/c1-2-18-14-12(7-5-8-13(14)16)15(17)20-10-11-6-3-4-9-19-11/h5,7-8,11H,2-4,6,9-10,16H2,1H3. The molecule has 1 atom stereocenters. The van der Waals surface area contributed by atoms with E-state index in [-0.39, 0.29) is 12.7 Å². The zero-order valence-corrected chi connectivity index (χ0v) is 11.8. The van der Waals surface area contributed by atoms with Crippen LogP contribution in [-0.4, -0.2) is 31.9 Å². The Balaban J connectivity index is 1.99. The number of anilines is 1. The maximum Gasteiger partial charge on any atom is 0.342 e. The molecule has 0 bridgehead atoms. The van der Waals surface area contributed by atoms with E-state index in [1.807, 2.05) is 6.92 Å². The molecule has 0 aliphatic carbocycles. The zero-order chi connectivity index (χ0) is 14.4. The number of carbonyl (C=O) groups excluding carboxylic acids is 1. The Labute approximate surface area is 119 Å². The molecule has 2 rings (SSSR count). The minimum atomic E-state index is -0.421. The maximum absolute atomic E-state index is 12.1. The number of nitrogens with two attached hydrogens (primary N) is 1. The van der Waals surface area contributed by atoms with E-state index in [0.717, 1.165) is 25.9 Å². The van der Waals surface area contributed by atoms with Gasteiger partial charge in [-0.25, -0.2) is 4.79 Å². The van der Waals surface area contributed by atoms with E-state index in [1.165, 1.54) is 0 Å². The SMILES string of the molecule is CCOc1c(N)cccc1C(=O)OCC1CCCCO1. The Morgan fingerprint density at radius 2 is 2.30 bits per heavy atom. The molecule has 5 nitrogen and oxygen atoms in total. The van der Waals surface area contributed by atoms with Gasteiger partial charge in [0.25, 0.3) is 0 Å². The second-order valence-corrected chi connectivity index (χ2v) is 4.74. The summed E-state index contributed by atoms with van der Waals surface area (Å²) in [7, 11) is 0. The number of ether oxygens (including phenoxy) is 3. The highest BCUT2D eigenvalue weighted by Crippen LogP contribution is 2.27. The summed E-state index contributed by atoms with van der Waals surface area (Å²) in [4.78, 5) is 12.1. The molecule has 0 aromatic heterocycles. The lowest BCUT2D eigenvalue weighted by atomic mass is 10.1. The first kappa shape index (κ1) is 14.7. The number of hydrogen-bond donors (Lipinski definition) is 1. The van der Waals surface area contributed by atoms with Crippen LogP contribution in [0.3, 0.4) is 0 Å². The van der Waals surface area contributed by atoms with E-state index in [4.69, 9.17) is 19.9 Å². The van der Waals surface area contributed by atoms with Crippen LogP contribution >= 0.6 is 0 Å². The molecule has 0 amide bonds. The van der Waals surface area contributed by atoms with E-state index >= 15 is 0 Å². The van der Waals surface area contributed by atoms with Crippen molar-refractivity contribution in [3.63, 3.8) is 0 Å². The van der Waals surface area contributed by atoms with Crippen LogP contribution in [0.1, 0.15) is 36.5 Å². The van der Waals surface area contributed by atoms with Crippen molar-refractivity contribution in [2.75, 3.05) is 25.6 Å². The first-order chi connectivity index (χ1) is 9.72. The molecule has 1 unspecified atom stereocenters. The van der Waals surface area contributed by atoms with Gasteiger partial charge in [0.1, 0.15) is 12.2 Å². The summed E-state index contributed by atoms with van der Waals surface area (Å²) in [5.74, 6) is -0.0283. The Morgan fingerprint density at radius 1 is 1.45 bits per heavy atom. The number of hydrogen-bond acceptors (Lipinski definition) is 5. The third-order valence-corrected chi connectivity index (χ3v) is 3.23. The van der Waals surface area contributed by atoms with Crippen molar-refractivity contribution in [2.24, 2.45) is 0 Å². The van der Waals surface area contributed by atoms with Gasteiger partial charge in [0, 0.05) is 6.61 Å². The topological polar surface area (TPSA) is 70.8 Å². The van der Waals surface area contributed by atoms with Gasteiger partial charge in [0.05, 0.1) is 18.4 Å². The van der Waals surface area contributed by atoms with Crippen LogP contribution in [0, 0.1) is 0 Å². The minimum Gasteiger partial charge on any atom is -0.491 e. The zero-order valence-electron chi connectivity index (χ0n) is 11.8. The second-order valence-electron chi connectivity index (χ2n) is 4.74. The van der Waals surface area contributed by atoms with Gasteiger partial charge in [-0.3, -0.25) is 0 Å². The Kier molecular flexibility index (Phi) is 5.24. The molecular weight excluding hydrogens is 258 g/mol. The van der Waals surface area contributed by atoms with Crippen molar-refractivity contribution < 1.29 is 19.0 Å². The molecular formula is C15H21NO4. The van der Waals surface area contributed by atoms with Crippen LogP contribution in [0.5, 0.6) is 5.75 Å². The second kappa shape index (κ2) is 7.14. The average Bonchev–Trinajstić information content (AvgIpc) is 2.48. The fraction of sp³-hybridized carbons (Fsp3) is 0.533. The highest BCUT2D eigenvalue weighted by atomic mass is 16.6. The Morgan fingerprint density at radius 3 is 3.00 bits per heavy atom. The molecule has 1 aliphatic heterocycles. The van der Waals surface area contributed by atoms with Crippen LogP contribution in [-0.2, 0) is 9.47 Å². The highest BCUT2D eigenvalue weighted by Gasteiger charge is 2.20. The molecule has 1 saturated heterocycles. The molecule has 0 spiro atoms. The maximum atomic E-state index is 12.1. The number of nitrogen functional groups attached to an aromatic ring is 1. The van der Waals surface area contributed by atoms with E-state index in [1.54, 1.807) is 18.2 Å². The first-order valence-corrected chi connectivity index (χ1v) is 7.02. The van der Waals surface area contributed by atoms with Gasteiger partial charge in [0.2, 0.25) is 0 Å². The van der Waals surface area contributed by atoms with Crippen molar-refractivity contribution in [2.45, 2.75) is 32.3 Å². The quantitative estimate of drug-likeness (QED) is 0.662. The molecule has 2 N–H and O–H groups in total. The van der Waals surface area contributed by atoms with Crippen LogP contribution in [0.4, 0.5) is 5.69 Å². The number of rotatable bonds is 5. The molecule has 0 saturated carbocycles. The number of esters is 1. The third kappa shape index (κ3) is 3.63. The van der Waals surface area contributed by atoms with Crippen LogP contribution in [0.2, 0.25) is 0 Å². The van der Waals surface area contributed by atoms with Crippen molar-refractivity contribution >= 4 is 11.7 Å². The molecule has 5 heteroatoms. The van der Waals surface area contributed by atoms with Gasteiger partial charge in [-0.2, -0.15) is 0 Å². The Hall–Kier alpha value is -1.75. The molecule has 1 aromatic rings. The molecule has 1 heterocycles. The smallest absolute Gasteiger partial charge is 0.342 e. The van der Waals surface area contributed by atoms with E-state index in [2.05, 4.69) is 0 Å². The Bertz CT molecular complexity index is 455. The van der Waals surface area contributed by atoms with Gasteiger partial charge in [-0.15, -0.1) is 0 Å². The fourth-order valence-corrected chi connectivity index (χ4v) is 2.21. The van der Waals surface area contributed by atoms with Crippen molar-refractivity contribution in [3.05, 3.63) is 23.8 Å². The third-order valence-electron chi connectivity index (χ3n) is 3.23. The van der Waals surface area contributed by atoms with Crippen LogP contribution in [0.15, 0.2) is 18.2 Å². The fourth-order valence-electron chi connectivity index (χ4n) is 2.21. The summed E-state index contributed by atoms with van der Waals surface area (Å²) in [6.45, 7) is 3.31. The van der Waals surface area contributed by atoms with Gasteiger partial charge < -0.3 is 19.9 Å². The summed E-state index contributed by atoms with van der Waals surface area (Å²) in [6.07, 6.45) is 3.13. The van der Waals surface area contributed by atoms with Gasteiger partial charge in [-0.05, 0) is 38.3 Å².